The van der Waals surface area contributed by atoms with E-state index in [1.54, 1.807) is 16.7 Å². The van der Waals surface area contributed by atoms with Crippen LogP contribution < -0.4 is 26.2 Å². The topological polar surface area (TPSA) is 163 Å². The van der Waals surface area contributed by atoms with Crippen molar-refractivity contribution in [2.45, 2.75) is 68.8 Å². The summed E-state index contributed by atoms with van der Waals surface area (Å²) in [7, 11) is 0. The van der Waals surface area contributed by atoms with E-state index in [0.717, 1.165) is 38.4 Å². The molecule has 48 heavy (non-hydrogen) atoms. The summed E-state index contributed by atoms with van der Waals surface area (Å²) in [5, 5.41) is 39.3. The molecule has 0 fully saturated rings. The molecule has 3 aromatic rings. The number of benzene rings is 3. The fraction of sp³-hybridized carbons (Fsp3) is 0.417. The van der Waals surface area contributed by atoms with Gasteiger partial charge < -0.3 is 41.5 Å². The highest BCUT2D eigenvalue weighted by Crippen LogP contribution is 2.33. The molecule has 3 aromatic carbocycles. The molecule has 4 rings (SSSR count). The van der Waals surface area contributed by atoms with Crippen molar-refractivity contribution in [1.82, 2.24) is 21.3 Å². The predicted octanol–water partition coefficient (Wildman–Crippen LogP) is 2.94. The average molecular weight is 678 g/mol. The zero-order chi connectivity index (χ0) is 34.7. The number of amides is 4. The zero-order valence-corrected chi connectivity index (χ0v) is 28.6. The van der Waals surface area contributed by atoms with E-state index in [0.29, 0.717) is 25.9 Å². The van der Waals surface area contributed by atoms with Gasteiger partial charge in [-0.25, -0.2) is 4.79 Å². The van der Waals surface area contributed by atoms with Crippen LogP contribution in [0.3, 0.4) is 0 Å². The van der Waals surface area contributed by atoms with Gasteiger partial charge in [-0.05, 0) is 79.0 Å². The summed E-state index contributed by atoms with van der Waals surface area (Å²) in [6.07, 6.45) is 2.27. The lowest BCUT2D eigenvalue weighted by molar-refractivity contribution is -0.128. The Bertz CT molecular complexity index is 1550. The minimum atomic E-state index is -0.925. The van der Waals surface area contributed by atoms with Gasteiger partial charge in [0.05, 0.1) is 25.9 Å². The molecular weight excluding hydrogens is 630 g/mol. The third kappa shape index (κ3) is 10.3. The lowest BCUT2D eigenvalue weighted by Crippen LogP contribution is -2.51. The zero-order valence-electron chi connectivity index (χ0n) is 27.8. The summed E-state index contributed by atoms with van der Waals surface area (Å²) < 4.78 is 0. The first-order valence-corrected chi connectivity index (χ1v) is 17.4. The Kier molecular flexibility index (Phi) is 13.4. The first-order valence-electron chi connectivity index (χ1n) is 16.1. The molecule has 0 aliphatic carbocycles. The van der Waals surface area contributed by atoms with E-state index < -0.39 is 17.7 Å². The number of nitrogens with zero attached hydrogens (tertiary/aromatic N) is 1. The summed E-state index contributed by atoms with van der Waals surface area (Å²) in [5.74, 6) is -0.455. The molecular formula is C36H47N5O6S. The minimum Gasteiger partial charge on any atom is -0.395 e. The van der Waals surface area contributed by atoms with Gasteiger partial charge in [0.1, 0.15) is 6.04 Å². The Balaban J connectivity index is 1.52. The van der Waals surface area contributed by atoms with Gasteiger partial charge in [-0.3, -0.25) is 9.59 Å². The molecule has 4 amide bonds. The maximum atomic E-state index is 14.1. The van der Waals surface area contributed by atoms with Crippen LogP contribution >= 0.6 is 11.8 Å². The van der Waals surface area contributed by atoms with Crippen LogP contribution in [-0.4, -0.2) is 83.4 Å². The number of fused-ring (bicyclic) bond motifs is 1. The number of anilines is 1. The number of aliphatic hydroxyl groups excluding tert-OH is 3. The van der Waals surface area contributed by atoms with Crippen LogP contribution in [0.2, 0.25) is 0 Å². The maximum absolute atomic E-state index is 14.1. The third-order valence-corrected chi connectivity index (χ3v) is 8.99. The summed E-state index contributed by atoms with van der Waals surface area (Å²) in [4.78, 5) is 42.2. The van der Waals surface area contributed by atoms with Crippen molar-refractivity contribution in [2.24, 2.45) is 0 Å². The normalized spacial score (nSPS) is 15.3. The molecule has 1 aliphatic rings. The summed E-state index contributed by atoms with van der Waals surface area (Å²) in [6.45, 7) is 4.13. The fourth-order valence-electron chi connectivity index (χ4n) is 5.68. The largest absolute Gasteiger partial charge is 0.395 e. The molecule has 1 heterocycles. The van der Waals surface area contributed by atoms with Crippen LogP contribution in [0.5, 0.6) is 0 Å². The van der Waals surface area contributed by atoms with E-state index in [-0.39, 0.29) is 50.6 Å². The highest BCUT2D eigenvalue weighted by molar-refractivity contribution is 7.98. The number of hydrogen-bond donors (Lipinski definition) is 7. The minimum absolute atomic E-state index is 0.0876. The molecule has 258 valence electrons. The lowest BCUT2D eigenvalue weighted by Gasteiger charge is -2.29. The van der Waals surface area contributed by atoms with Crippen LogP contribution in [0.1, 0.15) is 43.4 Å². The van der Waals surface area contributed by atoms with Gasteiger partial charge in [0.15, 0.2) is 0 Å². The number of β-amino-alcohol motifs (C(OH)–C–C–N with tert-alkyl or cyclic N) is 1. The number of carbonyl (C=O) groups is 3. The van der Waals surface area contributed by atoms with E-state index in [1.165, 1.54) is 0 Å². The summed E-state index contributed by atoms with van der Waals surface area (Å²) in [5.41, 5.74) is 5.01. The molecule has 0 unspecified atom stereocenters. The molecule has 12 heteroatoms. The van der Waals surface area contributed by atoms with E-state index in [9.17, 15) is 19.5 Å². The molecule has 2 atom stereocenters. The van der Waals surface area contributed by atoms with Crippen molar-refractivity contribution in [1.29, 1.82) is 0 Å². The number of hydrogen-bond acceptors (Lipinski definition) is 8. The number of thioether (sulfide) groups is 1. The molecule has 0 aromatic heterocycles. The Morgan fingerprint density at radius 1 is 1.04 bits per heavy atom. The monoisotopic (exact) mass is 677 g/mol. The van der Waals surface area contributed by atoms with Crippen LogP contribution in [0.15, 0.2) is 71.6 Å². The first kappa shape index (κ1) is 36.9. The number of aliphatic hydroxyl groups is 3. The van der Waals surface area contributed by atoms with Gasteiger partial charge in [-0.2, -0.15) is 0 Å². The van der Waals surface area contributed by atoms with Gasteiger partial charge in [0, 0.05) is 42.2 Å². The van der Waals surface area contributed by atoms with Gasteiger partial charge in [0.25, 0.3) is 0 Å². The van der Waals surface area contributed by atoms with Crippen molar-refractivity contribution < 1.29 is 29.7 Å². The molecule has 0 bridgehead atoms. The van der Waals surface area contributed by atoms with Gasteiger partial charge >= 0.3 is 6.03 Å². The van der Waals surface area contributed by atoms with Crippen molar-refractivity contribution in [3.8, 4) is 11.1 Å². The smallest absolute Gasteiger partial charge is 0.315 e. The number of urea groups is 1. The highest BCUT2D eigenvalue weighted by Gasteiger charge is 2.33. The molecule has 11 nitrogen and oxygen atoms in total. The second-order valence-corrected chi connectivity index (χ2v) is 13.4. The van der Waals surface area contributed by atoms with Gasteiger partial charge in [-0.15, -0.1) is 11.8 Å². The first-order chi connectivity index (χ1) is 23.0. The average Bonchev–Trinajstić information content (AvgIpc) is 3.21. The summed E-state index contributed by atoms with van der Waals surface area (Å²) in [6, 6.07) is 20.8. The van der Waals surface area contributed by atoms with E-state index in [4.69, 9.17) is 10.2 Å². The van der Waals surface area contributed by atoms with Crippen molar-refractivity contribution in [3.05, 3.63) is 83.4 Å². The Morgan fingerprint density at radius 3 is 2.50 bits per heavy atom. The second kappa shape index (κ2) is 17.5. The predicted molar refractivity (Wildman–Crippen MR) is 189 cm³/mol. The lowest BCUT2D eigenvalue weighted by atomic mass is 9.98. The molecule has 0 spiro atoms. The maximum Gasteiger partial charge on any atom is 0.315 e. The van der Waals surface area contributed by atoms with E-state index in [1.807, 2.05) is 80.8 Å². The number of nitrogens with one attached hydrogen (secondary N) is 4. The van der Waals surface area contributed by atoms with Gasteiger partial charge in [0.2, 0.25) is 11.8 Å². The van der Waals surface area contributed by atoms with Crippen molar-refractivity contribution >= 4 is 35.3 Å². The number of aryl methyl sites for hydroxylation is 1. The van der Waals surface area contributed by atoms with Crippen molar-refractivity contribution in [3.63, 3.8) is 0 Å². The molecule has 0 radical (unpaired) electrons. The van der Waals surface area contributed by atoms with Crippen molar-refractivity contribution in [2.75, 3.05) is 37.5 Å². The summed E-state index contributed by atoms with van der Waals surface area (Å²) >= 11 is 1.64. The quantitative estimate of drug-likeness (QED) is 0.121. The Labute approximate surface area is 286 Å². The molecule has 0 saturated heterocycles. The molecule has 0 saturated carbocycles. The van der Waals surface area contributed by atoms with Crippen LogP contribution in [0.4, 0.5) is 10.5 Å². The Morgan fingerprint density at radius 2 is 1.79 bits per heavy atom. The molecule has 7 N–H and O–H groups in total. The molecule has 1 aliphatic heterocycles. The highest BCUT2D eigenvalue weighted by atomic mass is 32.2. The van der Waals surface area contributed by atoms with Gasteiger partial charge in [-0.1, -0.05) is 48.5 Å². The third-order valence-electron chi connectivity index (χ3n) is 8.27. The van der Waals surface area contributed by atoms with E-state index >= 15 is 0 Å². The van der Waals surface area contributed by atoms with E-state index in [2.05, 4.69) is 27.3 Å². The number of rotatable bonds is 15. The fourth-order valence-corrected chi connectivity index (χ4v) is 6.15. The number of carbonyl (C=O) groups excluding carboxylic acids is 3. The van der Waals surface area contributed by atoms with Crippen LogP contribution in [0.25, 0.3) is 11.1 Å². The Hall–Kier alpha value is -3.94. The second-order valence-electron chi connectivity index (χ2n) is 12.5. The van der Waals surface area contributed by atoms with Crippen LogP contribution in [-0.2, 0) is 29.1 Å². The SMILES string of the molecule is CSc1ccc2c(c1)CC[C@@H](NC(=O)CC(C)(C)NC[C@H](O)CO)C(=O)N2Cc1ccc(-c2ccccc2CNC(=O)NCCO)cc1. The van der Waals surface area contributed by atoms with Crippen LogP contribution in [0, 0.1) is 0 Å². The standard InChI is InChI=1S/C36H47N5O6S/c1-36(2,39-21-28(44)23-43)19-33(45)40-31-14-12-26-18-29(48-3)13-15-32(26)41(34(31)46)22-24-8-10-25(11-9-24)30-7-5-4-6-27(30)20-38-35(47)37-16-17-42/h4-11,13,15,18,28,31,39,42-44H,12,14,16-17,19-23H2,1-3H3,(H,40,45)(H2,37,38,47)/t28-,31+/m0/s1.